The van der Waals surface area contributed by atoms with Gasteiger partial charge in [0, 0.05) is 19.3 Å². The minimum atomic E-state index is -0.718. The number of esters is 2. The summed E-state index contributed by atoms with van der Waals surface area (Å²) in [6, 6.07) is -0.696. The van der Waals surface area contributed by atoms with Gasteiger partial charge in [-0.05, 0) is 38.6 Å². The second-order valence-corrected chi connectivity index (χ2v) is 13.0. The third kappa shape index (κ3) is 30.9. The maximum atomic E-state index is 13.0. The summed E-state index contributed by atoms with van der Waals surface area (Å²) in [4.78, 5) is 49.5. The van der Waals surface area contributed by atoms with Gasteiger partial charge in [0.1, 0.15) is 13.2 Å². The third-order valence-electron chi connectivity index (χ3n) is 8.60. The number of rotatable bonds is 35. The Hall–Kier alpha value is -2.20. The van der Waals surface area contributed by atoms with Gasteiger partial charge in [0.2, 0.25) is 5.91 Å². The van der Waals surface area contributed by atoms with Crippen LogP contribution < -0.4 is 11.5 Å². The minimum absolute atomic E-state index is 0.0767. The van der Waals surface area contributed by atoms with Crippen molar-refractivity contribution in [3.8, 4) is 0 Å². The number of hydrogen-bond acceptors (Lipinski definition) is 8. The van der Waals surface area contributed by atoms with Crippen molar-refractivity contribution in [1.82, 2.24) is 4.90 Å². The molecule has 0 spiro atoms. The zero-order chi connectivity index (χ0) is 34.8. The number of carbonyl (C=O) groups is 4. The molecule has 0 aromatic rings. The van der Waals surface area contributed by atoms with Gasteiger partial charge in [-0.3, -0.25) is 19.2 Å². The van der Waals surface area contributed by atoms with Crippen LogP contribution in [0, 0.1) is 0 Å². The molecule has 0 aromatic heterocycles. The van der Waals surface area contributed by atoms with E-state index >= 15 is 0 Å². The van der Waals surface area contributed by atoms with Crippen LogP contribution in [0.25, 0.3) is 0 Å². The molecule has 0 aromatic carbocycles. The number of hydrogen-bond donors (Lipinski definition) is 3. The van der Waals surface area contributed by atoms with Crippen molar-refractivity contribution in [3.05, 3.63) is 0 Å². The molecule has 0 bridgehead atoms. The van der Waals surface area contributed by atoms with Gasteiger partial charge in [-0.15, -0.1) is 0 Å². The van der Waals surface area contributed by atoms with Crippen LogP contribution in [-0.4, -0.2) is 72.7 Å². The lowest BCUT2D eigenvalue weighted by atomic mass is 10.1. The average Bonchev–Trinajstić information content (AvgIpc) is 3.05. The van der Waals surface area contributed by atoms with E-state index in [0.29, 0.717) is 32.2 Å². The predicted octanol–water partition coefficient (Wildman–Crippen LogP) is 7.43. The Bertz CT molecular complexity index is 781. The number of carboxylic acid groups (broad SMARTS) is 1. The molecule has 47 heavy (non-hydrogen) atoms. The molecule has 276 valence electrons. The molecular formula is C37H71N3O7. The number of aliphatic carboxylic acids is 1. The third-order valence-corrected chi connectivity index (χ3v) is 8.60. The van der Waals surface area contributed by atoms with Crippen LogP contribution in [-0.2, 0) is 28.7 Å². The highest BCUT2D eigenvalue weighted by Gasteiger charge is 2.21. The van der Waals surface area contributed by atoms with E-state index in [0.717, 1.165) is 77.0 Å². The van der Waals surface area contributed by atoms with Gasteiger partial charge in [0.05, 0.1) is 19.1 Å². The number of ether oxygens (including phenoxy) is 2. The van der Waals surface area contributed by atoms with Crippen LogP contribution in [0.3, 0.4) is 0 Å². The quantitative estimate of drug-likeness (QED) is 0.0460. The van der Waals surface area contributed by atoms with Crippen molar-refractivity contribution in [2.24, 2.45) is 11.5 Å². The Morgan fingerprint density at radius 2 is 0.936 bits per heavy atom. The molecule has 0 radical (unpaired) electrons. The lowest BCUT2D eigenvalue weighted by Crippen LogP contribution is -2.46. The van der Waals surface area contributed by atoms with Crippen molar-refractivity contribution in [2.75, 3.05) is 32.8 Å². The Balaban J connectivity index is 4.12. The van der Waals surface area contributed by atoms with E-state index in [-0.39, 0.29) is 50.6 Å². The highest BCUT2D eigenvalue weighted by atomic mass is 16.5. The van der Waals surface area contributed by atoms with Gasteiger partial charge in [-0.25, -0.2) is 0 Å². The summed E-state index contributed by atoms with van der Waals surface area (Å²) in [5, 5.41) is 8.66. The monoisotopic (exact) mass is 670 g/mol. The Labute approximate surface area is 286 Å². The fraction of sp³-hybridized carbons (Fsp3) is 0.892. The molecule has 5 N–H and O–H groups in total. The number of carboxylic acids is 1. The summed E-state index contributed by atoms with van der Waals surface area (Å²) >= 11 is 0. The molecule has 1 amide bonds. The number of nitrogens with zero attached hydrogens (tertiary/aromatic N) is 1. The van der Waals surface area contributed by atoms with Crippen molar-refractivity contribution in [3.63, 3.8) is 0 Å². The smallest absolute Gasteiger partial charge is 0.305 e. The fourth-order valence-electron chi connectivity index (χ4n) is 5.60. The molecule has 0 aliphatic heterocycles. The molecule has 0 fully saturated rings. The maximum Gasteiger partial charge on any atom is 0.305 e. The van der Waals surface area contributed by atoms with Crippen LogP contribution in [0.15, 0.2) is 0 Å². The van der Waals surface area contributed by atoms with Crippen LogP contribution >= 0.6 is 0 Å². The molecule has 1 atom stereocenters. The number of unbranched alkanes of at least 4 members (excludes halogenated alkanes) is 19. The summed E-state index contributed by atoms with van der Waals surface area (Å²) in [5.41, 5.74) is 11.7. The summed E-state index contributed by atoms with van der Waals surface area (Å²) in [7, 11) is 0. The SMILES string of the molecule is CCCCCCCCCCCCCC(=O)OCCN(CCOC(=O)CCCCCCCCCCCCC(=O)O)C(=O)[C@@H](N)CCCN. The van der Waals surface area contributed by atoms with Crippen LogP contribution in [0.5, 0.6) is 0 Å². The molecular weight excluding hydrogens is 598 g/mol. The fourth-order valence-corrected chi connectivity index (χ4v) is 5.60. The molecule has 0 aliphatic rings. The lowest BCUT2D eigenvalue weighted by molar-refractivity contribution is -0.148. The molecule has 0 saturated carbocycles. The second kappa shape index (κ2) is 33.7. The molecule has 0 unspecified atom stereocenters. The van der Waals surface area contributed by atoms with Crippen LogP contribution in [0.2, 0.25) is 0 Å². The first-order valence-corrected chi connectivity index (χ1v) is 19.1. The first kappa shape index (κ1) is 44.8. The van der Waals surface area contributed by atoms with E-state index in [1.54, 1.807) is 0 Å². The van der Waals surface area contributed by atoms with E-state index in [2.05, 4.69) is 6.92 Å². The summed E-state index contributed by atoms with van der Waals surface area (Å²) in [6.45, 7) is 3.26. The van der Waals surface area contributed by atoms with Gasteiger partial charge in [-0.2, -0.15) is 0 Å². The topological polar surface area (TPSA) is 162 Å². The predicted molar refractivity (Wildman–Crippen MR) is 189 cm³/mol. The van der Waals surface area contributed by atoms with Gasteiger partial charge in [-0.1, -0.05) is 122 Å². The first-order chi connectivity index (χ1) is 22.8. The van der Waals surface area contributed by atoms with Crippen molar-refractivity contribution >= 4 is 23.8 Å². The van der Waals surface area contributed by atoms with Gasteiger partial charge >= 0.3 is 17.9 Å². The number of carbonyl (C=O) groups excluding carboxylic acids is 3. The Kier molecular flexibility index (Phi) is 32.1. The molecule has 10 nitrogen and oxygen atoms in total. The number of amides is 1. The standard InChI is InChI=1S/C37H71N3O7/c1-2-3-4-5-6-7-8-12-15-18-21-26-35(43)46-31-29-40(37(45)33(39)24-23-28-38)30-32-47-36(44)27-22-19-16-13-10-9-11-14-17-20-25-34(41)42/h33H,2-32,38-39H2,1H3,(H,41,42)/t33-/m0/s1. The van der Waals surface area contributed by atoms with Crippen molar-refractivity contribution in [2.45, 2.75) is 180 Å². The molecule has 10 heteroatoms. The van der Waals surface area contributed by atoms with E-state index < -0.39 is 12.0 Å². The average molecular weight is 670 g/mol. The van der Waals surface area contributed by atoms with E-state index in [1.807, 2.05) is 0 Å². The van der Waals surface area contributed by atoms with Gasteiger partial charge in [0.15, 0.2) is 0 Å². The molecule has 0 heterocycles. The van der Waals surface area contributed by atoms with Gasteiger partial charge in [0.25, 0.3) is 0 Å². The normalized spacial score (nSPS) is 11.7. The first-order valence-electron chi connectivity index (χ1n) is 19.1. The van der Waals surface area contributed by atoms with Crippen LogP contribution in [0.1, 0.15) is 174 Å². The summed E-state index contributed by atoms with van der Waals surface area (Å²) in [5.74, 6) is -1.50. The molecule has 0 saturated heterocycles. The zero-order valence-electron chi connectivity index (χ0n) is 30.0. The van der Waals surface area contributed by atoms with Crippen molar-refractivity contribution in [1.29, 1.82) is 0 Å². The molecule has 0 aliphatic carbocycles. The van der Waals surface area contributed by atoms with E-state index in [4.69, 9.17) is 26.0 Å². The van der Waals surface area contributed by atoms with Crippen molar-refractivity contribution < 1.29 is 33.8 Å². The van der Waals surface area contributed by atoms with E-state index in [9.17, 15) is 19.2 Å². The highest BCUT2D eigenvalue weighted by Crippen LogP contribution is 2.14. The second-order valence-electron chi connectivity index (χ2n) is 13.0. The van der Waals surface area contributed by atoms with Gasteiger partial charge < -0.3 is 30.9 Å². The van der Waals surface area contributed by atoms with E-state index in [1.165, 1.54) is 62.7 Å². The molecule has 0 rings (SSSR count). The largest absolute Gasteiger partial charge is 0.481 e. The lowest BCUT2D eigenvalue weighted by Gasteiger charge is -2.25. The summed E-state index contributed by atoms with van der Waals surface area (Å²) in [6.07, 6.45) is 25.8. The maximum absolute atomic E-state index is 13.0. The number of nitrogens with two attached hydrogens (primary N) is 2. The Morgan fingerprint density at radius 1 is 0.574 bits per heavy atom. The highest BCUT2D eigenvalue weighted by molar-refractivity contribution is 5.81. The Morgan fingerprint density at radius 3 is 1.30 bits per heavy atom. The van der Waals surface area contributed by atoms with Crippen LogP contribution in [0.4, 0.5) is 0 Å². The summed E-state index contributed by atoms with van der Waals surface area (Å²) < 4.78 is 10.8. The zero-order valence-corrected chi connectivity index (χ0v) is 30.0. The minimum Gasteiger partial charge on any atom is -0.481 e.